The normalized spacial score (nSPS) is 22.8. The Hall–Kier alpha value is -0.870. The third-order valence-electron chi connectivity index (χ3n) is 5.40. The third kappa shape index (κ3) is 3.02. The molecule has 2 aliphatic rings. The van der Waals surface area contributed by atoms with Crippen molar-refractivity contribution in [2.75, 3.05) is 19.6 Å². The second kappa shape index (κ2) is 6.49. The van der Waals surface area contributed by atoms with Crippen molar-refractivity contribution in [3.8, 4) is 0 Å². The Bertz CT molecular complexity index is 451. The third-order valence-corrected chi connectivity index (χ3v) is 5.40. The molecule has 1 aliphatic carbocycles. The number of rotatable bonds is 4. The minimum absolute atomic E-state index is 0.408. The molecule has 0 aromatic carbocycles. The summed E-state index contributed by atoms with van der Waals surface area (Å²) in [6, 6.07) is 2.32. The van der Waals surface area contributed by atoms with Gasteiger partial charge >= 0.3 is 0 Å². The van der Waals surface area contributed by atoms with Gasteiger partial charge in [-0.15, -0.1) is 0 Å². The zero-order valence-electron chi connectivity index (χ0n) is 13.7. The molecule has 1 saturated carbocycles. The smallest absolute Gasteiger partial charge is 0.0625 e. The van der Waals surface area contributed by atoms with Gasteiger partial charge in [-0.2, -0.15) is 5.10 Å². The topological polar surface area (TPSA) is 33.1 Å². The second-order valence-corrected chi connectivity index (χ2v) is 6.68. The van der Waals surface area contributed by atoms with Crippen molar-refractivity contribution in [1.29, 1.82) is 0 Å². The van der Waals surface area contributed by atoms with Gasteiger partial charge in [-0.1, -0.05) is 26.2 Å². The highest BCUT2D eigenvalue weighted by atomic mass is 15.3. The molecule has 21 heavy (non-hydrogen) atoms. The molecule has 3 rings (SSSR count). The molecular formula is C17H30N4. The average molecular weight is 290 g/mol. The van der Waals surface area contributed by atoms with E-state index in [2.05, 4.69) is 34.8 Å². The number of nitrogens with one attached hydrogen (secondary N) is 1. The fraction of sp³-hybridized carbons (Fsp3) is 0.824. The van der Waals surface area contributed by atoms with E-state index < -0.39 is 0 Å². The Morgan fingerprint density at radius 2 is 2.05 bits per heavy atom. The minimum Gasteiger partial charge on any atom is -0.314 e. The molecule has 118 valence electrons. The molecule has 1 aromatic rings. The van der Waals surface area contributed by atoms with Gasteiger partial charge < -0.3 is 5.32 Å². The molecule has 1 aliphatic heterocycles. The molecule has 0 radical (unpaired) electrons. The fourth-order valence-corrected chi connectivity index (χ4v) is 4.12. The Balaban J connectivity index is 1.79. The van der Waals surface area contributed by atoms with Gasteiger partial charge in [0, 0.05) is 38.3 Å². The van der Waals surface area contributed by atoms with Gasteiger partial charge in [-0.3, -0.25) is 9.58 Å². The van der Waals surface area contributed by atoms with Crippen LogP contribution in [-0.2, 0) is 19.5 Å². The molecule has 4 nitrogen and oxygen atoms in total. The van der Waals surface area contributed by atoms with E-state index in [1.807, 2.05) is 0 Å². The standard InChI is InChI=1S/C17H30N4/c1-3-15-12-16(21(4-2)19-15)13-20-11-10-18-14-17(20)8-6-5-7-9-17/h12,18H,3-11,13-14H2,1-2H3. The first kappa shape index (κ1) is 15.0. The van der Waals surface area contributed by atoms with Crippen LogP contribution in [0.15, 0.2) is 6.07 Å². The molecule has 0 atom stereocenters. The highest BCUT2D eigenvalue weighted by molar-refractivity contribution is 5.12. The molecule has 2 heterocycles. The lowest BCUT2D eigenvalue weighted by Gasteiger charge is -2.50. The van der Waals surface area contributed by atoms with Crippen LogP contribution >= 0.6 is 0 Å². The van der Waals surface area contributed by atoms with Crippen LogP contribution in [0.3, 0.4) is 0 Å². The summed E-state index contributed by atoms with van der Waals surface area (Å²) in [5, 5.41) is 8.36. The maximum atomic E-state index is 4.72. The number of nitrogens with zero attached hydrogens (tertiary/aromatic N) is 3. The van der Waals surface area contributed by atoms with Crippen LogP contribution in [-0.4, -0.2) is 39.9 Å². The predicted octanol–water partition coefficient (Wildman–Crippen LogP) is 2.57. The lowest BCUT2D eigenvalue weighted by atomic mass is 9.79. The number of aryl methyl sites for hydroxylation is 2. The zero-order valence-corrected chi connectivity index (χ0v) is 13.7. The van der Waals surface area contributed by atoms with E-state index in [1.54, 1.807) is 0 Å². The number of hydrogen-bond donors (Lipinski definition) is 1. The van der Waals surface area contributed by atoms with Crippen molar-refractivity contribution in [2.24, 2.45) is 0 Å². The van der Waals surface area contributed by atoms with E-state index in [1.165, 1.54) is 56.6 Å². The van der Waals surface area contributed by atoms with Crippen LogP contribution < -0.4 is 5.32 Å². The van der Waals surface area contributed by atoms with Gasteiger partial charge in [-0.05, 0) is 32.3 Å². The Kier molecular flexibility index (Phi) is 4.65. The van der Waals surface area contributed by atoms with E-state index in [0.29, 0.717) is 5.54 Å². The van der Waals surface area contributed by atoms with Crippen LogP contribution in [0, 0.1) is 0 Å². The van der Waals surface area contributed by atoms with Crippen LogP contribution in [0.4, 0.5) is 0 Å². The molecular weight excluding hydrogens is 260 g/mol. The molecule has 1 N–H and O–H groups in total. The summed E-state index contributed by atoms with van der Waals surface area (Å²) in [5.41, 5.74) is 3.05. The Labute approximate surface area is 128 Å². The summed E-state index contributed by atoms with van der Waals surface area (Å²) in [7, 11) is 0. The number of piperazine rings is 1. The highest BCUT2D eigenvalue weighted by Gasteiger charge is 2.39. The molecule has 1 saturated heterocycles. The summed E-state index contributed by atoms with van der Waals surface area (Å²) < 4.78 is 2.21. The van der Waals surface area contributed by atoms with Crippen LogP contribution in [0.5, 0.6) is 0 Å². The van der Waals surface area contributed by atoms with Crippen LogP contribution in [0.1, 0.15) is 57.3 Å². The van der Waals surface area contributed by atoms with Crippen molar-refractivity contribution in [2.45, 2.75) is 71.0 Å². The largest absolute Gasteiger partial charge is 0.314 e. The van der Waals surface area contributed by atoms with Crippen molar-refractivity contribution in [1.82, 2.24) is 20.0 Å². The minimum atomic E-state index is 0.408. The van der Waals surface area contributed by atoms with E-state index in [9.17, 15) is 0 Å². The monoisotopic (exact) mass is 290 g/mol. The molecule has 1 spiro atoms. The summed E-state index contributed by atoms with van der Waals surface area (Å²) in [6.45, 7) is 9.92. The van der Waals surface area contributed by atoms with Gasteiger partial charge in [0.2, 0.25) is 0 Å². The highest BCUT2D eigenvalue weighted by Crippen LogP contribution is 2.35. The quantitative estimate of drug-likeness (QED) is 0.925. The lowest BCUT2D eigenvalue weighted by molar-refractivity contribution is 0.0189. The summed E-state index contributed by atoms with van der Waals surface area (Å²) in [4.78, 5) is 2.76. The van der Waals surface area contributed by atoms with Crippen molar-refractivity contribution in [3.05, 3.63) is 17.5 Å². The van der Waals surface area contributed by atoms with Crippen LogP contribution in [0.25, 0.3) is 0 Å². The maximum Gasteiger partial charge on any atom is 0.0625 e. The molecule has 1 aromatic heterocycles. The number of hydrogen-bond acceptors (Lipinski definition) is 3. The molecule has 0 unspecified atom stereocenters. The number of aromatic nitrogens is 2. The lowest BCUT2D eigenvalue weighted by Crippen LogP contribution is -2.61. The van der Waals surface area contributed by atoms with Crippen molar-refractivity contribution >= 4 is 0 Å². The van der Waals surface area contributed by atoms with Gasteiger partial charge in [0.05, 0.1) is 11.4 Å². The first-order valence-electron chi connectivity index (χ1n) is 8.79. The first-order valence-corrected chi connectivity index (χ1v) is 8.79. The summed E-state index contributed by atoms with van der Waals surface area (Å²) >= 11 is 0. The van der Waals surface area contributed by atoms with Crippen molar-refractivity contribution in [3.63, 3.8) is 0 Å². The second-order valence-electron chi connectivity index (χ2n) is 6.68. The van der Waals surface area contributed by atoms with E-state index in [4.69, 9.17) is 5.10 Å². The van der Waals surface area contributed by atoms with E-state index >= 15 is 0 Å². The molecule has 0 bridgehead atoms. The van der Waals surface area contributed by atoms with Gasteiger partial charge in [0.25, 0.3) is 0 Å². The van der Waals surface area contributed by atoms with Crippen LogP contribution in [0.2, 0.25) is 0 Å². The maximum absolute atomic E-state index is 4.72. The molecule has 2 fully saturated rings. The van der Waals surface area contributed by atoms with E-state index in [-0.39, 0.29) is 0 Å². The molecule has 0 amide bonds. The van der Waals surface area contributed by atoms with Gasteiger partial charge in [-0.25, -0.2) is 0 Å². The fourth-order valence-electron chi connectivity index (χ4n) is 4.12. The van der Waals surface area contributed by atoms with Gasteiger partial charge in [0.1, 0.15) is 0 Å². The summed E-state index contributed by atoms with van der Waals surface area (Å²) in [6.07, 6.45) is 7.97. The summed E-state index contributed by atoms with van der Waals surface area (Å²) in [5.74, 6) is 0. The Morgan fingerprint density at radius 3 is 2.76 bits per heavy atom. The first-order chi connectivity index (χ1) is 10.3. The van der Waals surface area contributed by atoms with E-state index in [0.717, 1.165) is 26.1 Å². The predicted molar refractivity (Wildman–Crippen MR) is 86.4 cm³/mol. The van der Waals surface area contributed by atoms with Crippen molar-refractivity contribution < 1.29 is 0 Å². The Morgan fingerprint density at radius 1 is 1.24 bits per heavy atom. The zero-order chi connectivity index (χ0) is 14.7. The molecule has 4 heteroatoms. The van der Waals surface area contributed by atoms with Gasteiger partial charge in [0.15, 0.2) is 0 Å². The average Bonchev–Trinajstić information content (AvgIpc) is 2.93. The SMILES string of the molecule is CCc1cc(CN2CCNCC23CCCCC3)n(CC)n1.